The lowest BCUT2D eigenvalue weighted by atomic mass is 10.3. The number of hydrogen-bond acceptors (Lipinski definition) is 4. The van der Waals surface area contributed by atoms with Gasteiger partial charge in [-0.3, -0.25) is 9.59 Å². The highest BCUT2D eigenvalue weighted by Crippen LogP contribution is 2.28. The van der Waals surface area contributed by atoms with Crippen LogP contribution in [0.4, 0.5) is 0 Å². The minimum atomic E-state index is -0.0811. The van der Waals surface area contributed by atoms with Gasteiger partial charge in [-0.1, -0.05) is 25.5 Å². The van der Waals surface area contributed by atoms with Crippen molar-refractivity contribution in [3.63, 3.8) is 0 Å². The first-order chi connectivity index (χ1) is 12.6. The average Bonchev–Trinajstić information content (AvgIpc) is 3.49. The van der Waals surface area contributed by atoms with E-state index in [1.165, 1.54) is 0 Å². The monoisotopic (exact) mass is 362 g/mol. The average molecular weight is 362 g/mol. The molecule has 0 aliphatic heterocycles. The van der Waals surface area contributed by atoms with Crippen molar-refractivity contribution in [2.75, 3.05) is 33.9 Å². The second-order valence-electron chi connectivity index (χ2n) is 6.68. The molecule has 1 saturated carbocycles. The van der Waals surface area contributed by atoms with Crippen molar-refractivity contribution in [1.29, 1.82) is 0 Å². The number of carbonyl (C=O) groups excluding carboxylic acids is 2. The Balaban J connectivity index is 1.84. The second-order valence-corrected chi connectivity index (χ2v) is 6.68. The van der Waals surface area contributed by atoms with Gasteiger partial charge in [-0.15, -0.1) is 0 Å². The second kappa shape index (κ2) is 10.0. The molecule has 0 atom stereocenters. The van der Waals surface area contributed by atoms with Crippen LogP contribution in [0.5, 0.6) is 11.5 Å². The molecule has 6 nitrogen and oxygen atoms in total. The smallest absolute Gasteiger partial charge is 0.260 e. The number of carbonyl (C=O) groups is 2. The lowest BCUT2D eigenvalue weighted by molar-refractivity contribution is -0.135. The first-order valence-corrected chi connectivity index (χ1v) is 9.36. The Labute approximate surface area is 156 Å². The van der Waals surface area contributed by atoms with Crippen molar-refractivity contribution in [1.82, 2.24) is 9.80 Å². The first-order valence-electron chi connectivity index (χ1n) is 9.36. The highest BCUT2D eigenvalue weighted by atomic mass is 16.5. The minimum absolute atomic E-state index is 0.0449. The van der Waals surface area contributed by atoms with Crippen molar-refractivity contribution in [3.8, 4) is 11.5 Å². The molecule has 6 heteroatoms. The molecule has 0 aromatic heterocycles. The summed E-state index contributed by atoms with van der Waals surface area (Å²) in [4.78, 5) is 28.4. The Bertz CT molecular complexity index is 601. The van der Waals surface area contributed by atoms with E-state index in [1.54, 1.807) is 29.0 Å². The molecule has 1 aliphatic carbocycles. The maximum absolute atomic E-state index is 12.6. The van der Waals surface area contributed by atoms with Crippen LogP contribution in [0.2, 0.25) is 0 Å². The predicted molar refractivity (Wildman–Crippen MR) is 100 cm³/mol. The molecule has 1 fully saturated rings. The van der Waals surface area contributed by atoms with Crippen molar-refractivity contribution in [2.24, 2.45) is 0 Å². The molecule has 0 radical (unpaired) electrons. The third-order valence-corrected chi connectivity index (χ3v) is 4.57. The van der Waals surface area contributed by atoms with Crippen LogP contribution < -0.4 is 9.47 Å². The van der Waals surface area contributed by atoms with Gasteiger partial charge in [0.25, 0.3) is 5.91 Å². The van der Waals surface area contributed by atoms with Crippen molar-refractivity contribution in [2.45, 2.75) is 45.1 Å². The van der Waals surface area contributed by atoms with Gasteiger partial charge in [-0.2, -0.15) is 0 Å². The van der Waals surface area contributed by atoms with Crippen LogP contribution in [0.15, 0.2) is 24.3 Å². The van der Waals surface area contributed by atoms with E-state index in [-0.39, 0.29) is 24.5 Å². The van der Waals surface area contributed by atoms with E-state index in [9.17, 15) is 9.59 Å². The fourth-order valence-corrected chi connectivity index (χ4v) is 2.78. The summed E-state index contributed by atoms with van der Waals surface area (Å²) >= 11 is 0. The summed E-state index contributed by atoms with van der Waals surface area (Å²) in [6.45, 7) is 3.28. The number of unbranched alkanes of at least 4 members (excludes halogenated alkanes) is 1. The number of rotatable bonds is 11. The Kier molecular flexibility index (Phi) is 7.75. The molecule has 1 aromatic carbocycles. The molecule has 0 saturated heterocycles. The molecule has 0 heterocycles. The van der Waals surface area contributed by atoms with E-state index in [0.717, 1.165) is 32.2 Å². The van der Waals surface area contributed by atoms with E-state index < -0.39 is 0 Å². The third-order valence-electron chi connectivity index (χ3n) is 4.57. The Morgan fingerprint density at radius 3 is 2.42 bits per heavy atom. The van der Waals surface area contributed by atoms with Crippen LogP contribution >= 0.6 is 0 Å². The summed E-state index contributed by atoms with van der Waals surface area (Å²) < 4.78 is 10.9. The molecule has 0 N–H and O–H groups in total. The Morgan fingerprint density at radius 2 is 1.81 bits per heavy atom. The molecule has 26 heavy (non-hydrogen) atoms. The Hall–Kier alpha value is -2.24. The van der Waals surface area contributed by atoms with E-state index >= 15 is 0 Å². The molecule has 1 aromatic rings. The zero-order valence-electron chi connectivity index (χ0n) is 16.1. The zero-order chi connectivity index (χ0) is 18.9. The molecule has 0 bridgehead atoms. The zero-order valence-corrected chi connectivity index (χ0v) is 16.1. The fourth-order valence-electron chi connectivity index (χ4n) is 2.78. The number of nitrogens with zero attached hydrogens (tertiary/aromatic N) is 2. The number of hydrogen-bond donors (Lipinski definition) is 0. The number of benzene rings is 1. The predicted octanol–water partition coefficient (Wildman–Crippen LogP) is 2.71. The van der Waals surface area contributed by atoms with E-state index in [1.807, 2.05) is 19.2 Å². The molecular weight excluding hydrogens is 332 g/mol. The van der Waals surface area contributed by atoms with Crippen molar-refractivity contribution >= 4 is 11.8 Å². The number of ether oxygens (including phenoxy) is 2. The first kappa shape index (κ1) is 20.1. The molecule has 0 unspecified atom stereocenters. The summed E-state index contributed by atoms with van der Waals surface area (Å²) in [6.07, 6.45) is 4.42. The highest BCUT2D eigenvalue weighted by molar-refractivity contribution is 5.80. The van der Waals surface area contributed by atoms with Gasteiger partial charge in [-0.05, 0) is 31.4 Å². The number of methoxy groups -OCH3 is 1. The topological polar surface area (TPSA) is 59.1 Å². The fraction of sp³-hybridized carbons (Fsp3) is 0.600. The summed E-state index contributed by atoms with van der Waals surface area (Å²) in [6, 6.07) is 7.51. The van der Waals surface area contributed by atoms with E-state index in [2.05, 4.69) is 6.92 Å². The summed E-state index contributed by atoms with van der Waals surface area (Å²) in [5.74, 6) is 1.16. The van der Waals surface area contributed by atoms with Crippen molar-refractivity contribution in [3.05, 3.63) is 24.3 Å². The van der Waals surface area contributed by atoms with Gasteiger partial charge in [0.15, 0.2) is 18.1 Å². The summed E-state index contributed by atoms with van der Waals surface area (Å²) in [5, 5.41) is 0. The normalized spacial score (nSPS) is 13.2. The molecule has 2 rings (SSSR count). The quantitative estimate of drug-likeness (QED) is 0.607. The highest BCUT2D eigenvalue weighted by Gasteiger charge is 2.33. The van der Waals surface area contributed by atoms with E-state index in [4.69, 9.17) is 9.47 Å². The molecule has 2 amide bonds. The maximum Gasteiger partial charge on any atom is 0.260 e. The Morgan fingerprint density at radius 1 is 1.12 bits per heavy atom. The van der Waals surface area contributed by atoms with Gasteiger partial charge in [0, 0.05) is 32.6 Å². The van der Waals surface area contributed by atoms with Crippen LogP contribution in [-0.2, 0) is 9.59 Å². The van der Waals surface area contributed by atoms with Gasteiger partial charge in [0.2, 0.25) is 5.91 Å². The summed E-state index contributed by atoms with van der Waals surface area (Å²) in [5.41, 5.74) is 0. The summed E-state index contributed by atoms with van der Waals surface area (Å²) in [7, 11) is 3.40. The lowest BCUT2D eigenvalue weighted by Crippen LogP contribution is -2.40. The minimum Gasteiger partial charge on any atom is -0.493 e. The number of amides is 2. The van der Waals surface area contributed by atoms with Gasteiger partial charge in [-0.25, -0.2) is 0 Å². The standard InChI is InChI=1S/C20H30N2O4/c1-4-5-13-21(2)19(23)12-14-22(16-10-11-16)20(24)15-26-18-9-7-6-8-17(18)25-3/h6-9,16H,4-5,10-15H2,1-3H3. The van der Waals surface area contributed by atoms with Crippen LogP contribution in [0, 0.1) is 0 Å². The van der Waals surface area contributed by atoms with Crippen LogP contribution in [0.1, 0.15) is 39.0 Å². The van der Waals surface area contributed by atoms with Crippen LogP contribution in [0.3, 0.4) is 0 Å². The number of para-hydroxylation sites is 2. The molecule has 0 spiro atoms. The van der Waals surface area contributed by atoms with Crippen LogP contribution in [0.25, 0.3) is 0 Å². The van der Waals surface area contributed by atoms with Gasteiger partial charge in [0.05, 0.1) is 7.11 Å². The van der Waals surface area contributed by atoms with E-state index in [0.29, 0.717) is 24.5 Å². The molecule has 1 aliphatic rings. The van der Waals surface area contributed by atoms with Gasteiger partial charge >= 0.3 is 0 Å². The third kappa shape index (κ3) is 5.93. The van der Waals surface area contributed by atoms with Crippen LogP contribution in [-0.4, -0.2) is 61.5 Å². The largest absolute Gasteiger partial charge is 0.493 e. The SMILES string of the molecule is CCCCN(C)C(=O)CCN(C(=O)COc1ccccc1OC)C1CC1. The molecule has 144 valence electrons. The van der Waals surface area contributed by atoms with Crippen molar-refractivity contribution < 1.29 is 19.1 Å². The van der Waals surface area contributed by atoms with Gasteiger partial charge < -0.3 is 19.3 Å². The van der Waals surface area contributed by atoms with Gasteiger partial charge in [0.1, 0.15) is 0 Å². The molecular formula is C20H30N2O4. The lowest BCUT2D eigenvalue weighted by Gasteiger charge is -2.24. The maximum atomic E-state index is 12.6.